The highest BCUT2D eigenvalue weighted by molar-refractivity contribution is 6.31. The van der Waals surface area contributed by atoms with Crippen LogP contribution in [0.25, 0.3) is 0 Å². The van der Waals surface area contributed by atoms with Crippen LogP contribution < -0.4 is 10.6 Å². The summed E-state index contributed by atoms with van der Waals surface area (Å²) in [5.41, 5.74) is 0.560. The molecule has 2 amide bonds. The minimum absolute atomic E-state index is 0.275. The zero-order valence-electron chi connectivity index (χ0n) is 13.2. The summed E-state index contributed by atoms with van der Waals surface area (Å²) in [6, 6.07) is 4.57. The minimum atomic E-state index is -1.01. The van der Waals surface area contributed by atoms with Crippen molar-refractivity contribution in [2.75, 3.05) is 11.9 Å². The molecule has 1 aliphatic rings. The van der Waals surface area contributed by atoms with E-state index in [9.17, 15) is 19.5 Å². The maximum Gasteiger partial charge on any atom is 0.307 e. The quantitative estimate of drug-likeness (QED) is 0.711. The van der Waals surface area contributed by atoms with Crippen LogP contribution in [0.4, 0.5) is 5.69 Å². The van der Waals surface area contributed by atoms with Gasteiger partial charge in [0.15, 0.2) is 0 Å². The lowest BCUT2D eigenvalue weighted by atomic mass is 9.82. The maximum absolute atomic E-state index is 12.5. The average Bonchev–Trinajstić information content (AvgIpc) is 2.55. The molecule has 1 aromatic rings. The molecule has 0 spiro atoms. The smallest absolute Gasteiger partial charge is 0.307 e. The van der Waals surface area contributed by atoms with Crippen LogP contribution in [0, 0.1) is 11.8 Å². The Hall–Kier alpha value is -2.34. The van der Waals surface area contributed by atoms with Crippen LogP contribution in [0.3, 0.4) is 0 Å². The highest BCUT2D eigenvalue weighted by Crippen LogP contribution is 2.28. The van der Waals surface area contributed by atoms with Gasteiger partial charge in [0.1, 0.15) is 0 Å². The van der Waals surface area contributed by atoms with E-state index in [4.69, 9.17) is 11.6 Å². The zero-order chi connectivity index (χ0) is 17.7. The van der Waals surface area contributed by atoms with E-state index in [0.717, 1.165) is 0 Å². The van der Waals surface area contributed by atoms with Gasteiger partial charge in [0.2, 0.25) is 5.91 Å². The summed E-state index contributed by atoms with van der Waals surface area (Å²) in [6.45, 7) is 2.24. The van der Waals surface area contributed by atoms with E-state index in [1.807, 2.05) is 0 Å². The molecular formula is C17H19ClN2O4. The summed E-state index contributed by atoms with van der Waals surface area (Å²) < 4.78 is 0. The van der Waals surface area contributed by atoms with Crippen LogP contribution in [0.2, 0.25) is 5.02 Å². The highest BCUT2D eigenvalue weighted by Gasteiger charge is 2.34. The average molecular weight is 351 g/mol. The van der Waals surface area contributed by atoms with Crippen LogP contribution in [-0.4, -0.2) is 29.4 Å². The SMILES string of the molecule is CCNC(=O)c1ccc(Cl)cc1NC(=O)[C@@H]1CC=CC[C@H]1C(=O)O. The predicted molar refractivity (Wildman–Crippen MR) is 91.1 cm³/mol. The normalized spacial score (nSPS) is 19.6. The Labute approximate surface area is 144 Å². The third-order valence-corrected chi connectivity index (χ3v) is 4.14. The van der Waals surface area contributed by atoms with Crippen molar-refractivity contribution >= 4 is 35.1 Å². The topological polar surface area (TPSA) is 95.5 Å². The van der Waals surface area contributed by atoms with E-state index in [1.54, 1.807) is 25.1 Å². The molecule has 1 aliphatic carbocycles. The van der Waals surface area contributed by atoms with Crippen LogP contribution in [0.15, 0.2) is 30.4 Å². The van der Waals surface area contributed by atoms with Gasteiger partial charge in [0.05, 0.1) is 23.1 Å². The molecule has 0 bridgehead atoms. The lowest BCUT2D eigenvalue weighted by Crippen LogP contribution is -2.35. The minimum Gasteiger partial charge on any atom is -0.481 e. The molecule has 0 aromatic heterocycles. The number of amides is 2. The van der Waals surface area contributed by atoms with E-state index in [2.05, 4.69) is 10.6 Å². The second-order valence-corrected chi connectivity index (χ2v) is 5.97. The van der Waals surface area contributed by atoms with Crippen LogP contribution in [0.1, 0.15) is 30.1 Å². The van der Waals surface area contributed by atoms with E-state index in [1.165, 1.54) is 12.1 Å². The van der Waals surface area contributed by atoms with Crippen molar-refractivity contribution in [1.82, 2.24) is 5.32 Å². The molecule has 0 radical (unpaired) electrons. The summed E-state index contributed by atoms with van der Waals surface area (Å²) in [6.07, 6.45) is 4.22. The van der Waals surface area contributed by atoms with Gasteiger partial charge in [0, 0.05) is 11.6 Å². The van der Waals surface area contributed by atoms with Gasteiger partial charge in [-0.3, -0.25) is 14.4 Å². The fourth-order valence-corrected chi connectivity index (χ4v) is 2.85. The molecule has 3 N–H and O–H groups in total. The first kappa shape index (κ1) is 18.0. The molecule has 0 aliphatic heterocycles. The lowest BCUT2D eigenvalue weighted by molar-refractivity contribution is -0.146. The molecule has 0 fully saturated rings. The summed E-state index contributed by atoms with van der Waals surface area (Å²) in [7, 11) is 0. The van der Waals surface area contributed by atoms with E-state index >= 15 is 0 Å². The Morgan fingerprint density at radius 2 is 1.88 bits per heavy atom. The van der Waals surface area contributed by atoms with Gasteiger partial charge in [-0.2, -0.15) is 0 Å². The number of carboxylic acid groups (broad SMARTS) is 1. The van der Waals surface area contributed by atoms with E-state index < -0.39 is 23.7 Å². The molecule has 2 atom stereocenters. The number of hydrogen-bond acceptors (Lipinski definition) is 3. The van der Waals surface area contributed by atoms with Crippen molar-refractivity contribution in [1.29, 1.82) is 0 Å². The predicted octanol–water partition coefficient (Wildman–Crippen LogP) is 2.70. The fraction of sp³-hybridized carbons (Fsp3) is 0.353. The first-order valence-corrected chi connectivity index (χ1v) is 8.08. The van der Waals surface area contributed by atoms with Crippen molar-refractivity contribution < 1.29 is 19.5 Å². The Morgan fingerprint density at radius 3 is 2.50 bits per heavy atom. The van der Waals surface area contributed by atoms with Crippen molar-refractivity contribution in [2.45, 2.75) is 19.8 Å². The third-order valence-electron chi connectivity index (χ3n) is 3.91. The molecule has 0 saturated heterocycles. The standard InChI is InChI=1S/C17H19ClN2O4/c1-2-19-15(21)13-8-7-10(18)9-14(13)20-16(22)11-5-3-4-6-12(11)17(23)24/h3-4,7-9,11-12H,2,5-6H2,1H3,(H,19,21)(H,20,22)(H,23,24)/t11-,12-/m1/s1. The second-order valence-electron chi connectivity index (χ2n) is 5.53. The zero-order valence-corrected chi connectivity index (χ0v) is 14.0. The summed E-state index contributed by atoms with van der Waals surface area (Å²) in [4.78, 5) is 36.0. The Morgan fingerprint density at radius 1 is 1.21 bits per heavy atom. The van der Waals surface area contributed by atoms with Crippen LogP contribution in [-0.2, 0) is 9.59 Å². The molecule has 24 heavy (non-hydrogen) atoms. The number of anilines is 1. The highest BCUT2D eigenvalue weighted by atomic mass is 35.5. The van der Waals surface area contributed by atoms with Crippen molar-refractivity contribution in [3.8, 4) is 0 Å². The maximum atomic E-state index is 12.5. The Balaban J connectivity index is 2.24. The molecule has 0 heterocycles. The second kappa shape index (κ2) is 7.97. The van der Waals surface area contributed by atoms with Gasteiger partial charge in [0.25, 0.3) is 5.91 Å². The molecule has 2 rings (SSSR count). The van der Waals surface area contributed by atoms with Gasteiger partial charge in [-0.25, -0.2) is 0 Å². The number of carbonyl (C=O) groups excluding carboxylic acids is 2. The summed E-state index contributed by atoms with van der Waals surface area (Å²) in [5.74, 6) is -3.23. The van der Waals surface area contributed by atoms with Gasteiger partial charge >= 0.3 is 5.97 Å². The number of halogens is 1. The molecule has 128 valence electrons. The van der Waals surface area contributed by atoms with Crippen molar-refractivity contribution in [3.05, 3.63) is 40.9 Å². The first-order valence-electron chi connectivity index (χ1n) is 7.70. The van der Waals surface area contributed by atoms with Crippen molar-refractivity contribution in [3.63, 3.8) is 0 Å². The number of hydrogen-bond donors (Lipinski definition) is 3. The molecule has 1 aromatic carbocycles. The number of rotatable bonds is 5. The van der Waals surface area contributed by atoms with Gasteiger partial charge in [-0.05, 0) is 38.0 Å². The first-order chi connectivity index (χ1) is 11.4. The number of benzene rings is 1. The Kier molecular flexibility index (Phi) is 5.98. The van der Waals surface area contributed by atoms with Gasteiger partial charge in [-0.15, -0.1) is 0 Å². The fourth-order valence-electron chi connectivity index (χ4n) is 2.68. The summed E-state index contributed by atoms with van der Waals surface area (Å²) in [5, 5.41) is 15.0. The Bertz CT molecular complexity index is 687. The number of nitrogens with one attached hydrogen (secondary N) is 2. The van der Waals surface area contributed by atoms with Gasteiger partial charge < -0.3 is 15.7 Å². The van der Waals surface area contributed by atoms with Crippen molar-refractivity contribution in [2.24, 2.45) is 11.8 Å². The lowest BCUT2D eigenvalue weighted by Gasteiger charge is -2.24. The molecule has 6 nitrogen and oxygen atoms in total. The third kappa shape index (κ3) is 4.14. The largest absolute Gasteiger partial charge is 0.481 e. The number of aliphatic carboxylic acids is 1. The monoisotopic (exact) mass is 350 g/mol. The summed E-state index contributed by atoms with van der Waals surface area (Å²) >= 11 is 5.96. The van der Waals surface area contributed by atoms with E-state index in [-0.39, 0.29) is 17.2 Å². The molecular weight excluding hydrogens is 332 g/mol. The van der Waals surface area contributed by atoms with Crippen LogP contribution >= 0.6 is 11.6 Å². The van der Waals surface area contributed by atoms with E-state index in [0.29, 0.717) is 24.4 Å². The van der Waals surface area contributed by atoms with Crippen LogP contribution in [0.5, 0.6) is 0 Å². The van der Waals surface area contributed by atoms with Gasteiger partial charge in [-0.1, -0.05) is 23.8 Å². The number of carboxylic acids is 1. The molecule has 0 unspecified atom stereocenters. The molecule has 7 heteroatoms. The molecule has 0 saturated carbocycles. The number of allylic oxidation sites excluding steroid dienone is 2. The number of carbonyl (C=O) groups is 3.